The number of carbonyl (C=O) groups is 1. The van der Waals surface area contributed by atoms with Crippen molar-refractivity contribution in [2.45, 2.75) is 0 Å². The maximum atomic E-state index is 11.9. The van der Waals surface area contributed by atoms with E-state index in [-0.39, 0.29) is 5.91 Å². The van der Waals surface area contributed by atoms with Gasteiger partial charge in [0.2, 0.25) is 0 Å². The average molecular weight is 224 g/mol. The Kier molecular flexibility index (Phi) is 4.49. The van der Waals surface area contributed by atoms with Gasteiger partial charge in [-0.05, 0) is 18.4 Å². The van der Waals surface area contributed by atoms with Crippen LogP contribution < -0.4 is 5.73 Å². The zero-order valence-corrected chi connectivity index (χ0v) is 9.88. The van der Waals surface area contributed by atoms with Crippen LogP contribution >= 0.6 is 11.8 Å². The monoisotopic (exact) mass is 224 g/mol. The topological polar surface area (TPSA) is 46.3 Å². The second kappa shape index (κ2) is 5.66. The Morgan fingerprint density at radius 3 is 2.73 bits per heavy atom. The van der Waals surface area contributed by atoms with Crippen LogP contribution in [-0.4, -0.2) is 36.4 Å². The Hall–Kier alpha value is -1.16. The first-order valence-corrected chi connectivity index (χ1v) is 6.15. The summed E-state index contributed by atoms with van der Waals surface area (Å²) in [7, 11) is 1.80. The van der Waals surface area contributed by atoms with Gasteiger partial charge in [-0.2, -0.15) is 11.8 Å². The predicted molar refractivity (Wildman–Crippen MR) is 66.2 cm³/mol. The van der Waals surface area contributed by atoms with Crippen molar-refractivity contribution in [3.05, 3.63) is 29.8 Å². The van der Waals surface area contributed by atoms with Crippen molar-refractivity contribution in [1.82, 2.24) is 4.90 Å². The smallest absolute Gasteiger partial charge is 0.255 e. The summed E-state index contributed by atoms with van der Waals surface area (Å²) in [6, 6.07) is 7.16. The van der Waals surface area contributed by atoms with Gasteiger partial charge in [0.05, 0.1) is 5.56 Å². The molecule has 0 bridgehead atoms. The van der Waals surface area contributed by atoms with Crippen LogP contribution in [0.2, 0.25) is 0 Å². The molecule has 0 aliphatic rings. The van der Waals surface area contributed by atoms with Gasteiger partial charge in [-0.1, -0.05) is 12.1 Å². The Morgan fingerprint density at radius 1 is 1.47 bits per heavy atom. The molecule has 0 spiro atoms. The van der Waals surface area contributed by atoms with Gasteiger partial charge in [-0.3, -0.25) is 4.79 Å². The van der Waals surface area contributed by atoms with Crippen molar-refractivity contribution >= 4 is 23.4 Å². The molecule has 3 nitrogen and oxygen atoms in total. The quantitative estimate of drug-likeness (QED) is 0.792. The highest BCUT2D eigenvalue weighted by Crippen LogP contribution is 2.12. The minimum Gasteiger partial charge on any atom is -0.398 e. The average Bonchev–Trinajstić information content (AvgIpc) is 2.25. The molecule has 0 aliphatic heterocycles. The summed E-state index contributed by atoms with van der Waals surface area (Å²) in [5.41, 5.74) is 6.86. The van der Waals surface area contributed by atoms with E-state index in [1.807, 2.05) is 18.4 Å². The molecule has 1 amide bonds. The van der Waals surface area contributed by atoms with E-state index in [1.54, 1.807) is 35.8 Å². The zero-order chi connectivity index (χ0) is 11.3. The van der Waals surface area contributed by atoms with E-state index >= 15 is 0 Å². The first-order chi connectivity index (χ1) is 7.16. The molecule has 0 fully saturated rings. The van der Waals surface area contributed by atoms with Gasteiger partial charge in [0.25, 0.3) is 5.91 Å². The summed E-state index contributed by atoms with van der Waals surface area (Å²) in [4.78, 5) is 13.6. The number of thioether (sulfide) groups is 1. The second-order valence-corrected chi connectivity index (χ2v) is 4.29. The summed E-state index contributed by atoms with van der Waals surface area (Å²) in [6.45, 7) is 0.744. The molecule has 0 atom stereocenters. The Bertz CT molecular complexity index is 341. The molecule has 0 aliphatic carbocycles. The van der Waals surface area contributed by atoms with Gasteiger partial charge >= 0.3 is 0 Å². The van der Waals surface area contributed by atoms with Crippen LogP contribution in [0, 0.1) is 0 Å². The fourth-order valence-electron chi connectivity index (χ4n) is 1.23. The number of benzene rings is 1. The van der Waals surface area contributed by atoms with Gasteiger partial charge in [0.15, 0.2) is 0 Å². The number of para-hydroxylation sites is 1. The minimum atomic E-state index is -0.0119. The zero-order valence-electron chi connectivity index (χ0n) is 9.06. The summed E-state index contributed by atoms with van der Waals surface area (Å²) in [6.07, 6.45) is 2.02. The molecule has 4 heteroatoms. The van der Waals surface area contributed by atoms with E-state index in [0.29, 0.717) is 11.3 Å². The van der Waals surface area contributed by atoms with Crippen molar-refractivity contribution in [3.8, 4) is 0 Å². The molecule has 0 aromatic heterocycles. The van der Waals surface area contributed by atoms with Crippen LogP contribution in [-0.2, 0) is 0 Å². The molecule has 1 rings (SSSR count). The highest BCUT2D eigenvalue weighted by atomic mass is 32.2. The molecule has 0 unspecified atom stereocenters. The first-order valence-electron chi connectivity index (χ1n) is 4.75. The lowest BCUT2D eigenvalue weighted by atomic mass is 10.1. The van der Waals surface area contributed by atoms with Crippen LogP contribution in [0.25, 0.3) is 0 Å². The fraction of sp³-hybridized carbons (Fsp3) is 0.364. The third kappa shape index (κ3) is 3.16. The standard InChI is InChI=1S/C11H16N2OS/c1-13(7-8-15-2)11(14)9-5-3-4-6-10(9)12/h3-6H,7-8,12H2,1-2H3. The van der Waals surface area contributed by atoms with Crippen molar-refractivity contribution in [2.75, 3.05) is 31.3 Å². The summed E-state index contributed by atoms with van der Waals surface area (Å²) in [5, 5.41) is 0. The SMILES string of the molecule is CSCCN(C)C(=O)c1ccccc1N. The molecular weight excluding hydrogens is 208 g/mol. The van der Waals surface area contributed by atoms with Gasteiger partial charge in [-0.25, -0.2) is 0 Å². The number of nitrogens with two attached hydrogens (primary N) is 1. The van der Waals surface area contributed by atoms with Crippen LogP contribution in [0.1, 0.15) is 10.4 Å². The van der Waals surface area contributed by atoms with E-state index in [9.17, 15) is 4.79 Å². The van der Waals surface area contributed by atoms with Crippen molar-refractivity contribution < 1.29 is 4.79 Å². The van der Waals surface area contributed by atoms with E-state index in [2.05, 4.69) is 0 Å². The number of carbonyl (C=O) groups excluding carboxylic acids is 1. The van der Waals surface area contributed by atoms with Gasteiger partial charge in [-0.15, -0.1) is 0 Å². The number of anilines is 1. The Morgan fingerprint density at radius 2 is 2.13 bits per heavy atom. The summed E-state index contributed by atoms with van der Waals surface area (Å²) in [5.74, 6) is 0.928. The number of amides is 1. The van der Waals surface area contributed by atoms with Crippen molar-refractivity contribution in [1.29, 1.82) is 0 Å². The Balaban J connectivity index is 2.72. The normalized spacial score (nSPS) is 10.0. The van der Waals surface area contributed by atoms with Gasteiger partial charge < -0.3 is 10.6 Å². The van der Waals surface area contributed by atoms with Crippen LogP contribution in [0.15, 0.2) is 24.3 Å². The third-order valence-corrected chi connectivity index (χ3v) is 2.76. The summed E-state index contributed by atoms with van der Waals surface area (Å²) >= 11 is 1.72. The highest BCUT2D eigenvalue weighted by molar-refractivity contribution is 7.98. The lowest BCUT2D eigenvalue weighted by molar-refractivity contribution is 0.0805. The number of hydrogen-bond donors (Lipinski definition) is 1. The highest BCUT2D eigenvalue weighted by Gasteiger charge is 2.13. The van der Waals surface area contributed by atoms with Crippen LogP contribution in [0.5, 0.6) is 0 Å². The number of rotatable bonds is 4. The molecule has 15 heavy (non-hydrogen) atoms. The van der Waals surface area contributed by atoms with E-state index in [0.717, 1.165) is 12.3 Å². The molecule has 0 radical (unpaired) electrons. The maximum absolute atomic E-state index is 11.9. The fourth-order valence-corrected chi connectivity index (χ4v) is 1.68. The van der Waals surface area contributed by atoms with E-state index in [1.165, 1.54) is 0 Å². The van der Waals surface area contributed by atoms with E-state index < -0.39 is 0 Å². The molecule has 0 saturated carbocycles. The number of nitrogen functional groups attached to an aromatic ring is 1. The number of nitrogens with zero attached hydrogens (tertiary/aromatic N) is 1. The summed E-state index contributed by atoms with van der Waals surface area (Å²) < 4.78 is 0. The Labute approximate surface area is 94.6 Å². The van der Waals surface area contributed by atoms with Crippen LogP contribution in [0.3, 0.4) is 0 Å². The van der Waals surface area contributed by atoms with Gasteiger partial charge in [0.1, 0.15) is 0 Å². The minimum absolute atomic E-state index is 0.0119. The lowest BCUT2D eigenvalue weighted by Gasteiger charge is -2.17. The van der Waals surface area contributed by atoms with E-state index in [4.69, 9.17) is 5.73 Å². The van der Waals surface area contributed by atoms with Crippen molar-refractivity contribution in [2.24, 2.45) is 0 Å². The predicted octanol–water partition coefficient (Wildman–Crippen LogP) is 1.70. The van der Waals surface area contributed by atoms with Crippen LogP contribution in [0.4, 0.5) is 5.69 Å². The largest absolute Gasteiger partial charge is 0.398 e. The third-order valence-electron chi connectivity index (χ3n) is 2.17. The molecular formula is C11H16N2OS. The maximum Gasteiger partial charge on any atom is 0.255 e. The molecule has 82 valence electrons. The van der Waals surface area contributed by atoms with Crippen molar-refractivity contribution in [3.63, 3.8) is 0 Å². The molecule has 0 saturated heterocycles. The lowest BCUT2D eigenvalue weighted by Crippen LogP contribution is -2.29. The second-order valence-electron chi connectivity index (χ2n) is 3.31. The molecule has 1 aromatic rings. The van der Waals surface area contributed by atoms with Gasteiger partial charge in [0, 0.05) is 25.0 Å². The first kappa shape index (κ1) is 11.9. The molecule has 1 aromatic carbocycles. The number of hydrogen-bond acceptors (Lipinski definition) is 3. The molecule has 0 heterocycles. The molecule has 2 N–H and O–H groups in total.